The smallest absolute Gasteiger partial charge is 0.350 e. The molecule has 0 radical (unpaired) electrons. The van der Waals surface area contributed by atoms with Gasteiger partial charge in [-0.25, -0.2) is 4.79 Å². The molecule has 2 rings (SSSR count). The molecule has 1 atom stereocenters. The molecule has 2 aromatic rings. The lowest BCUT2D eigenvalue weighted by molar-refractivity contribution is 0.0607. The van der Waals surface area contributed by atoms with Gasteiger partial charge < -0.3 is 20.5 Å². The van der Waals surface area contributed by atoms with Crippen LogP contribution in [0.3, 0.4) is 0 Å². The largest absolute Gasteiger partial charge is 0.492 e. The summed E-state index contributed by atoms with van der Waals surface area (Å²) in [4.78, 5) is 12.0. The number of carbonyl (C=O) groups is 1. The maximum atomic E-state index is 11.7. The van der Waals surface area contributed by atoms with Crippen LogP contribution in [0.4, 0.5) is 10.7 Å². The van der Waals surface area contributed by atoms with E-state index in [1.165, 1.54) is 25.6 Å². The summed E-state index contributed by atoms with van der Waals surface area (Å²) in [6.07, 6.45) is 0. The number of nitrogens with two attached hydrogens (primary N) is 1. The van der Waals surface area contributed by atoms with E-state index >= 15 is 0 Å². The third kappa shape index (κ3) is 3.11. The zero-order chi connectivity index (χ0) is 15.4. The van der Waals surface area contributed by atoms with Gasteiger partial charge in [-0.2, -0.15) is 0 Å². The quantitative estimate of drug-likeness (QED) is 0.829. The van der Waals surface area contributed by atoms with E-state index in [2.05, 4.69) is 5.32 Å². The third-order valence-electron chi connectivity index (χ3n) is 3.12. The molecule has 112 valence electrons. The predicted molar refractivity (Wildman–Crippen MR) is 85.1 cm³/mol. The Bertz CT molecular complexity index is 625. The van der Waals surface area contributed by atoms with E-state index in [9.17, 15) is 4.79 Å². The Morgan fingerprint density at radius 1 is 1.29 bits per heavy atom. The number of hydrogen-bond donors (Lipinski definition) is 2. The van der Waals surface area contributed by atoms with Gasteiger partial charge in [-0.05, 0) is 12.5 Å². The van der Waals surface area contributed by atoms with Crippen LogP contribution in [0.15, 0.2) is 30.3 Å². The van der Waals surface area contributed by atoms with Crippen molar-refractivity contribution in [3.05, 3.63) is 40.8 Å². The van der Waals surface area contributed by atoms with Gasteiger partial charge in [0, 0.05) is 6.04 Å². The second kappa shape index (κ2) is 6.49. The van der Waals surface area contributed by atoms with Crippen LogP contribution in [0, 0.1) is 0 Å². The van der Waals surface area contributed by atoms with Crippen LogP contribution in [0.25, 0.3) is 0 Å². The van der Waals surface area contributed by atoms with E-state index in [-0.39, 0.29) is 6.04 Å². The Morgan fingerprint density at radius 2 is 1.95 bits per heavy atom. The van der Waals surface area contributed by atoms with Crippen molar-refractivity contribution >= 4 is 28.0 Å². The Labute approximate surface area is 127 Å². The van der Waals surface area contributed by atoms with E-state index in [0.29, 0.717) is 21.3 Å². The van der Waals surface area contributed by atoms with Crippen molar-refractivity contribution in [2.24, 2.45) is 0 Å². The van der Waals surface area contributed by atoms with Gasteiger partial charge in [-0.3, -0.25) is 0 Å². The highest BCUT2D eigenvalue weighted by atomic mass is 32.1. The molecule has 1 aromatic heterocycles. The fourth-order valence-corrected chi connectivity index (χ4v) is 3.09. The fourth-order valence-electron chi connectivity index (χ4n) is 1.99. The van der Waals surface area contributed by atoms with Crippen molar-refractivity contribution in [3.8, 4) is 5.75 Å². The predicted octanol–water partition coefficient (Wildman–Crippen LogP) is 3.30. The van der Waals surface area contributed by atoms with Gasteiger partial charge in [0.15, 0.2) is 5.75 Å². The molecular formula is C15H18N2O3S. The zero-order valence-electron chi connectivity index (χ0n) is 12.2. The van der Waals surface area contributed by atoms with Gasteiger partial charge in [0.05, 0.1) is 14.2 Å². The Hall–Kier alpha value is -2.21. The number of hydrogen-bond acceptors (Lipinski definition) is 6. The average Bonchev–Trinajstić information content (AvgIpc) is 2.83. The van der Waals surface area contributed by atoms with Crippen LogP contribution in [0.1, 0.15) is 28.2 Å². The summed E-state index contributed by atoms with van der Waals surface area (Å²) in [5, 5.41) is 4.04. The molecule has 1 aromatic carbocycles. The van der Waals surface area contributed by atoms with Crippen molar-refractivity contribution < 1.29 is 14.3 Å². The van der Waals surface area contributed by atoms with Gasteiger partial charge in [0.1, 0.15) is 15.6 Å². The highest BCUT2D eigenvalue weighted by molar-refractivity contribution is 7.19. The van der Waals surface area contributed by atoms with E-state index in [1.807, 2.05) is 37.3 Å². The number of nitrogens with one attached hydrogen (secondary N) is 1. The standard InChI is InChI=1S/C15H18N2O3S/c1-9(10-7-5-4-6-8-10)17-14-12(19-2)11(16)13(21-14)15(18)20-3/h4-9,17H,16H2,1-3H3. The number of ether oxygens (including phenoxy) is 2. The summed E-state index contributed by atoms with van der Waals surface area (Å²) in [6.45, 7) is 2.03. The number of rotatable bonds is 5. The molecule has 1 heterocycles. The van der Waals surface area contributed by atoms with Gasteiger partial charge in [0.2, 0.25) is 0 Å². The van der Waals surface area contributed by atoms with Crippen LogP contribution in [0.2, 0.25) is 0 Å². The second-order valence-electron chi connectivity index (χ2n) is 4.48. The number of carbonyl (C=O) groups excluding carboxylic acids is 1. The van der Waals surface area contributed by atoms with Crippen molar-refractivity contribution in [2.45, 2.75) is 13.0 Å². The molecule has 0 saturated heterocycles. The lowest BCUT2D eigenvalue weighted by Gasteiger charge is -2.15. The first-order valence-electron chi connectivity index (χ1n) is 6.44. The fraction of sp³-hybridized carbons (Fsp3) is 0.267. The monoisotopic (exact) mass is 306 g/mol. The maximum absolute atomic E-state index is 11.7. The highest BCUT2D eigenvalue weighted by Gasteiger charge is 2.23. The van der Waals surface area contributed by atoms with E-state index in [4.69, 9.17) is 15.2 Å². The molecule has 5 nitrogen and oxygen atoms in total. The molecule has 0 saturated carbocycles. The van der Waals surface area contributed by atoms with Crippen LogP contribution in [-0.2, 0) is 4.74 Å². The Balaban J connectivity index is 2.29. The molecule has 1 unspecified atom stereocenters. The molecule has 3 N–H and O–H groups in total. The molecule has 6 heteroatoms. The first-order valence-corrected chi connectivity index (χ1v) is 7.26. The van der Waals surface area contributed by atoms with Crippen molar-refractivity contribution in [2.75, 3.05) is 25.3 Å². The lowest BCUT2D eigenvalue weighted by Crippen LogP contribution is -2.06. The normalized spacial score (nSPS) is 11.8. The van der Waals surface area contributed by atoms with Crippen LogP contribution in [-0.4, -0.2) is 20.2 Å². The third-order valence-corrected chi connectivity index (χ3v) is 4.22. The van der Waals surface area contributed by atoms with Gasteiger partial charge in [0.25, 0.3) is 0 Å². The molecule has 0 bridgehead atoms. The van der Waals surface area contributed by atoms with E-state index in [1.54, 1.807) is 0 Å². The number of esters is 1. The number of nitrogen functional groups attached to an aromatic ring is 1. The second-order valence-corrected chi connectivity index (χ2v) is 5.50. The summed E-state index contributed by atoms with van der Waals surface area (Å²) < 4.78 is 10.0. The lowest BCUT2D eigenvalue weighted by atomic mass is 10.1. The molecule has 0 spiro atoms. The van der Waals surface area contributed by atoms with Crippen molar-refractivity contribution in [3.63, 3.8) is 0 Å². The molecule has 0 amide bonds. The number of methoxy groups -OCH3 is 2. The van der Waals surface area contributed by atoms with Crippen LogP contribution in [0.5, 0.6) is 5.75 Å². The summed E-state index contributed by atoms with van der Waals surface area (Å²) in [6, 6.07) is 10.0. The first kappa shape index (κ1) is 15.2. The SMILES string of the molecule is COC(=O)c1sc(NC(C)c2ccccc2)c(OC)c1N. The minimum absolute atomic E-state index is 0.0589. The number of anilines is 2. The topological polar surface area (TPSA) is 73.6 Å². The number of thiophene rings is 1. The molecule has 21 heavy (non-hydrogen) atoms. The summed E-state index contributed by atoms with van der Waals surface area (Å²) in [5.74, 6) is 0.0133. The molecule has 0 aliphatic heterocycles. The first-order chi connectivity index (χ1) is 10.1. The van der Waals surface area contributed by atoms with Crippen molar-refractivity contribution in [1.82, 2.24) is 0 Å². The Kier molecular flexibility index (Phi) is 4.70. The van der Waals surface area contributed by atoms with Crippen LogP contribution >= 0.6 is 11.3 Å². The van der Waals surface area contributed by atoms with E-state index < -0.39 is 5.97 Å². The summed E-state index contributed by atoms with van der Waals surface area (Å²) >= 11 is 1.23. The molecule has 0 aliphatic rings. The minimum atomic E-state index is -0.462. The maximum Gasteiger partial charge on any atom is 0.350 e. The van der Waals surface area contributed by atoms with E-state index in [0.717, 1.165) is 5.56 Å². The molecular weight excluding hydrogens is 288 g/mol. The van der Waals surface area contributed by atoms with Gasteiger partial charge in [-0.1, -0.05) is 30.3 Å². The summed E-state index contributed by atoms with van der Waals surface area (Å²) in [5.41, 5.74) is 7.38. The Morgan fingerprint density at radius 3 is 2.52 bits per heavy atom. The minimum Gasteiger partial charge on any atom is -0.492 e. The average molecular weight is 306 g/mol. The van der Waals surface area contributed by atoms with Crippen molar-refractivity contribution in [1.29, 1.82) is 0 Å². The highest BCUT2D eigenvalue weighted by Crippen LogP contribution is 2.44. The molecule has 0 fully saturated rings. The number of benzene rings is 1. The summed E-state index contributed by atoms with van der Waals surface area (Å²) in [7, 11) is 2.85. The van der Waals surface area contributed by atoms with Crippen LogP contribution < -0.4 is 15.8 Å². The van der Waals surface area contributed by atoms with Gasteiger partial charge in [-0.15, -0.1) is 11.3 Å². The molecule has 0 aliphatic carbocycles. The van der Waals surface area contributed by atoms with Gasteiger partial charge >= 0.3 is 5.97 Å². The zero-order valence-corrected chi connectivity index (χ0v) is 13.0.